The van der Waals surface area contributed by atoms with Gasteiger partial charge in [0.15, 0.2) is 0 Å². The maximum Gasteiger partial charge on any atom is 0.211 e. The van der Waals surface area contributed by atoms with E-state index >= 15 is 0 Å². The first kappa shape index (κ1) is 15.1. The highest BCUT2D eigenvalue weighted by Gasteiger charge is 2.12. The summed E-state index contributed by atoms with van der Waals surface area (Å²) < 4.78 is 2.10. The minimum absolute atomic E-state index is 0.702. The summed E-state index contributed by atoms with van der Waals surface area (Å²) in [6.07, 6.45) is 2.56. The lowest BCUT2D eigenvalue weighted by molar-refractivity contribution is -0.105. The van der Waals surface area contributed by atoms with Gasteiger partial charge in [0.1, 0.15) is 0 Å². The molecular formula is C21H17N3O. The monoisotopic (exact) mass is 327 g/mol. The quantitative estimate of drug-likeness (QED) is 0.555. The fourth-order valence-corrected chi connectivity index (χ4v) is 3.06. The van der Waals surface area contributed by atoms with E-state index in [4.69, 9.17) is 0 Å². The van der Waals surface area contributed by atoms with Crippen LogP contribution in [0, 0.1) is 0 Å². The fraction of sp³-hybridized carbons (Fsp3) is 0.0476. The zero-order valence-corrected chi connectivity index (χ0v) is 13.6. The number of hydrogen-bond acceptors (Lipinski definition) is 2. The lowest BCUT2D eigenvalue weighted by atomic mass is 10.0. The molecule has 0 aliphatic heterocycles. The SMILES string of the molecule is O=CNc1cc(-c2ccccc2)c2ncn(Cc3ccccc3)c2c1. The number of anilines is 1. The molecule has 1 heterocycles. The van der Waals surface area contributed by atoms with Crippen LogP contribution in [0.4, 0.5) is 5.69 Å². The molecule has 0 aliphatic carbocycles. The highest BCUT2D eigenvalue weighted by molar-refractivity contribution is 5.96. The van der Waals surface area contributed by atoms with Crippen LogP contribution in [-0.4, -0.2) is 16.0 Å². The smallest absolute Gasteiger partial charge is 0.211 e. The Balaban J connectivity index is 1.87. The van der Waals surface area contributed by atoms with Gasteiger partial charge in [-0.3, -0.25) is 4.79 Å². The summed E-state index contributed by atoms with van der Waals surface area (Å²) in [5.74, 6) is 0. The molecule has 3 aromatic carbocycles. The summed E-state index contributed by atoms with van der Waals surface area (Å²) in [5.41, 5.74) is 5.97. The molecule has 0 aliphatic rings. The summed E-state index contributed by atoms with van der Waals surface area (Å²) >= 11 is 0. The van der Waals surface area contributed by atoms with Crippen molar-refractivity contribution in [2.24, 2.45) is 0 Å². The summed E-state index contributed by atoms with van der Waals surface area (Å²) in [6.45, 7) is 0.732. The number of nitrogens with one attached hydrogen (secondary N) is 1. The van der Waals surface area contributed by atoms with Crippen LogP contribution in [0.25, 0.3) is 22.2 Å². The molecule has 4 heteroatoms. The third-order valence-corrected chi connectivity index (χ3v) is 4.23. The van der Waals surface area contributed by atoms with Gasteiger partial charge in [-0.2, -0.15) is 0 Å². The Hall–Kier alpha value is -3.40. The van der Waals surface area contributed by atoms with E-state index in [1.807, 2.05) is 54.9 Å². The molecule has 0 bridgehead atoms. The van der Waals surface area contributed by atoms with Gasteiger partial charge in [0.2, 0.25) is 6.41 Å². The van der Waals surface area contributed by atoms with Crippen molar-refractivity contribution in [1.29, 1.82) is 0 Å². The third kappa shape index (κ3) is 3.02. The maximum absolute atomic E-state index is 10.9. The number of carbonyl (C=O) groups is 1. The second-order valence-corrected chi connectivity index (χ2v) is 5.88. The van der Waals surface area contributed by atoms with Gasteiger partial charge in [0.25, 0.3) is 0 Å². The molecule has 25 heavy (non-hydrogen) atoms. The fourth-order valence-electron chi connectivity index (χ4n) is 3.06. The Morgan fingerprint density at radius 3 is 2.40 bits per heavy atom. The highest BCUT2D eigenvalue weighted by Crippen LogP contribution is 2.31. The van der Waals surface area contributed by atoms with Crippen molar-refractivity contribution < 1.29 is 4.79 Å². The first-order chi connectivity index (χ1) is 12.3. The molecule has 0 saturated heterocycles. The Bertz CT molecular complexity index is 1010. The van der Waals surface area contributed by atoms with Gasteiger partial charge in [-0.25, -0.2) is 4.98 Å². The Morgan fingerprint density at radius 2 is 1.68 bits per heavy atom. The molecule has 0 fully saturated rings. The molecule has 0 saturated carbocycles. The van der Waals surface area contributed by atoms with Gasteiger partial charge < -0.3 is 9.88 Å². The van der Waals surface area contributed by atoms with Crippen LogP contribution in [-0.2, 0) is 11.3 Å². The van der Waals surface area contributed by atoms with Crippen molar-refractivity contribution >= 4 is 23.1 Å². The summed E-state index contributed by atoms with van der Waals surface area (Å²) in [5, 5.41) is 2.77. The second-order valence-electron chi connectivity index (χ2n) is 5.88. The van der Waals surface area contributed by atoms with Crippen LogP contribution >= 0.6 is 0 Å². The van der Waals surface area contributed by atoms with Crippen LogP contribution in [0.3, 0.4) is 0 Å². The van der Waals surface area contributed by atoms with Crippen molar-refractivity contribution in [3.63, 3.8) is 0 Å². The minimum atomic E-state index is 0.702. The molecule has 1 N–H and O–H groups in total. The predicted octanol–water partition coefficient (Wildman–Crippen LogP) is 4.32. The number of fused-ring (bicyclic) bond motifs is 1. The number of carbonyl (C=O) groups excluding carboxylic acids is 1. The van der Waals surface area contributed by atoms with Gasteiger partial charge in [0, 0.05) is 17.8 Å². The predicted molar refractivity (Wildman–Crippen MR) is 100 cm³/mol. The number of aromatic nitrogens is 2. The highest BCUT2D eigenvalue weighted by atomic mass is 16.1. The van der Waals surface area contributed by atoms with Gasteiger partial charge in [-0.1, -0.05) is 60.7 Å². The van der Waals surface area contributed by atoms with E-state index in [0.717, 1.165) is 34.4 Å². The first-order valence-corrected chi connectivity index (χ1v) is 8.13. The lowest BCUT2D eigenvalue weighted by Gasteiger charge is -2.09. The average molecular weight is 327 g/mol. The molecule has 4 nitrogen and oxygen atoms in total. The number of benzene rings is 3. The maximum atomic E-state index is 10.9. The molecular weight excluding hydrogens is 310 g/mol. The summed E-state index contributed by atoms with van der Waals surface area (Å²) in [4.78, 5) is 15.6. The van der Waals surface area contributed by atoms with E-state index in [0.29, 0.717) is 6.41 Å². The standard InChI is InChI=1S/C21H17N3O/c25-15-23-18-11-19(17-9-5-2-6-10-17)21-20(12-18)24(14-22-21)13-16-7-3-1-4-8-16/h1-12,14-15H,13H2,(H,23,25). The van der Waals surface area contributed by atoms with Crippen molar-refractivity contribution in [3.8, 4) is 11.1 Å². The van der Waals surface area contributed by atoms with E-state index in [9.17, 15) is 4.79 Å². The summed E-state index contributed by atoms with van der Waals surface area (Å²) in [7, 11) is 0. The van der Waals surface area contributed by atoms with Crippen molar-refractivity contribution in [1.82, 2.24) is 9.55 Å². The molecule has 4 rings (SSSR count). The normalized spacial score (nSPS) is 10.7. The molecule has 122 valence electrons. The van der Waals surface area contributed by atoms with Gasteiger partial charge in [-0.05, 0) is 23.3 Å². The second kappa shape index (κ2) is 6.61. The molecule has 1 aromatic heterocycles. The summed E-state index contributed by atoms with van der Waals surface area (Å²) in [6, 6.07) is 24.3. The van der Waals surface area contributed by atoms with Crippen molar-refractivity contribution in [3.05, 3.63) is 84.7 Å². The number of imidazole rings is 1. The van der Waals surface area contributed by atoms with Crippen LogP contribution in [0.2, 0.25) is 0 Å². The van der Waals surface area contributed by atoms with E-state index < -0.39 is 0 Å². The van der Waals surface area contributed by atoms with Crippen molar-refractivity contribution in [2.75, 3.05) is 5.32 Å². The van der Waals surface area contributed by atoms with E-state index in [-0.39, 0.29) is 0 Å². The number of rotatable bonds is 5. The van der Waals surface area contributed by atoms with Crippen LogP contribution in [0.5, 0.6) is 0 Å². The Labute approximate surface area is 145 Å². The molecule has 0 spiro atoms. The van der Waals surface area contributed by atoms with Crippen molar-refractivity contribution in [2.45, 2.75) is 6.54 Å². The molecule has 0 unspecified atom stereocenters. The van der Waals surface area contributed by atoms with E-state index in [2.05, 4.69) is 39.1 Å². The Kier molecular flexibility index (Phi) is 4.01. The average Bonchev–Trinajstić information content (AvgIpc) is 3.06. The van der Waals surface area contributed by atoms with Gasteiger partial charge in [0.05, 0.1) is 17.4 Å². The number of amides is 1. The lowest BCUT2D eigenvalue weighted by Crippen LogP contribution is -1.99. The number of nitrogens with zero attached hydrogens (tertiary/aromatic N) is 2. The molecule has 0 atom stereocenters. The van der Waals surface area contributed by atoms with Gasteiger partial charge >= 0.3 is 0 Å². The first-order valence-electron chi connectivity index (χ1n) is 8.13. The minimum Gasteiger partial charge on any atom is -0.329 e. The zero-order chi connectivity index (χ0) is 17.1. The van der Waals surface area contributed by atoms with Crippen LogP contribution in [0.1, 0.15) is 5.56 Å². The molecule has 1 amide bonds. The zero-order valence-electron chi connectivity index (χ0n) is 13.6. The van der Waals surface area contributed by atoms with Gasteiger partial charge in [-0.15, -0.1) is 0 Å². The molecule has 0 radical (unpaired) electrons. The van der Waals surface area contributed by atoms with E-state index in [1.165, 1.54) is 5.56 Å². The molecule has 4 aromatic rings. The largest absolute Gasteiger partial charge is 0.329 e. The van der Waals surface area contributed by atoms with Crippen LogP contribution < -0.4 is 5.32 Å². The number of hydrogen-bond donors (Lipinski definition) is 1. The van der Waals surface area contributed by atoms with Crippen LogP contribution in [0.15, 0.2) is 79.1 Å². The topological polar surface area (TPSA) is 46.9 Å². The Morgan fingerprint density at radius 1 is 0.960 bits per heavy atom. The van der Waals surface area contributed by atoms with E-state index in [1.54, 1.807) is 0 Å². The third-order valence-electron chi connectivity index (χ3n) is 4.23.